The van der Waals surface area contributed by atoms with E-state index in [1.165, 1.54) is 32.2 Å². The second-order valence-electron chi connectivity index (χ2n) is 11.3. The van der Waals surface area contributed by atoms with Crippen LogP contribution >= 0.6 is 11.6 Å². The fourth-order valence-electron chi connectivity index (χ4n) is 5.77. The van der Waals surface area contributed by atoms with E-state index < -0.39 is 35.7 Å². The second kappa shape index (κ2) is 13.5. The number of carbonyl (C=O) groups is 3. The first-order valence-corrected chi connectivity index (χ1v) is 15.0. The van der Waals surface area contributed by atoms with Crippen LogP contribution in [-0.4, -0.2) is 85.9 Å². The number of anilines is 1. The number of methoxy groups -OCH3 is 1. The Kier molecular flexibility index (Phi) is 9.73. The summed E-state index contributed by atoms with van der Waals surface area (Å²) in [7, 11) is 4.37. The Hall–Kier alpha value is -4.03. The van der Waals surface area contributed by atoms with E-state index in [9.17, 15) is 19.5 Å². The maximum Gasteiger partial charge on any atom is 0.326 e. The second-order valence-corrected chi connectivity index (χ2v) is 11.7. The number of urea groups is 1. The fourth-order valence-corrected chi connectivity index (χ4v) is 6.11. The lowest BCUT2D eigenvalue weighted by molar-refractivity contribution is -0.140. The number of carbonyl (C=O) groups excluding carboxylic acids is 3. The van der Waals surface area contributed by atoms with Crippen LogP contribution in [0.3, 0.4) is 0 Å². The predicted molar refractivity (Wildman–Crippen MR) is 169 cm³/mol. The van der Waals surface area contributed by atoms with Crippen molar-refractivity contribution in [3.05, 3.63) is 70.5 Å². The Bertz CT molecular complexity index is 1630. The van der Waals surface area contributed by atoms with Gasteiger partial charge in [0.15, 0.2) is 0 Å². The molecule has 0 bridgehead atoms. The molecule has 1 unspecified atom stereocenters. The summed E-state index contributed by atoms with van der Waals surface area (Å²) in [5.41, 5.74) is 4.06. The van der Waals surface area contributed by atoms with Gasteiger partial charge in [-0.2, -0.15) is 0 Å². The molecular weight excluding hydrogens is 603 g/mol. The molecule has 2 heterocycles. The Balaban J connectivity index is 1.41. The molecule has 45 heavy (non-hydrogen) atoms. The minimum atomic E-state index is -1.04. The fraction of sp³-hybridized carbons (Fsp3) is 0.364. The molecule has 0 spiro atoms. The number of halogens is 2. The topological polar surface area (TPSA) is 120 Å². The van der Waals surface area contributed by atoms with Gasteiger partial charge in [0, 0.05) is 62.2 Å². The number of aliphatic hydroxyl groups excluding tert-OH is 1. The van der Waals surface area contributed by atoms with Gasteiger partial charge in [-0.25, -0.2) is 9.18 Å². The highest BCUT2D eigenvalue weighted by Gasteiger charge is 2.39. The first kappa shape index (κ1) is 32.4. The smallest absolute Gasteiger partial charge is 0.326 e. The highest BCUT2D eigenvalue weighted by Crippen LogP contribution is 2.41. The number of benzene rings is 3. The van der Waals surface area contributed by atoms with E-state index in [4.69, 9.17) is 21.1 Å². The molecule has 4 amide bonds. The third kappa shape index (κ3) is 6.53. The highest BCUT2D eigenvalue weighted by atomic mass is 35.5. The van der Waals surface area contributed by atoms with Crippen LogP contribution in [0.15, 0.2) is 48.5 Å². The Morgan fingerprint density at radius 2 is 1.84 bits per heavy atom. The summed E-state index contributed by atoms with van der Waals surface area (Å²) < 4.78 is 26.4. The van der Waals surface area contributed by atoms with Crippen LogP contribution < -0.4 is 15.4 Å². The zero-order chi connectivity index (χ0) is 32.4. The monoisotopic (exact) mass is 638 g/mol. The van der Waals surface area contributed by atoms with Crippen LogP contribution in [-0.2, 0) is 20.9 Å². The minimum absolute atomic E-state index is 0.0210. The van der Waals surface area contributed by atoms with Gasteiger partial charge in [0.05, 0.1) is 24.8 Å². The molecule has 2 aliphatic rings. The van der Waals surface area contributed by atoms with E-state index in [1.54, 1.807) is 24.3 Å². The molecule has 10 nitrogen and oxygen atoms in total. The van der Waals surface area contributed by atoms with Crippen molar-refractivity contribution >= 4 is 35.1 Å². The summed E-state index contributed by atoms with van der Waals surface area (Å²) in [5.74, 6) is -2.26. The van der Waals surface area contributed by atoms with Crippen molar-refractivity contribution in [2.75, 3.05) is 46.3 Å². The number of imide groups is 1. The number of aliphatic hydroxyl groups is 1. The Labute approximate surface area is 266 Å². The SMILES string of the molecule is COc1cc(-c2cccc(-c3cccc(NC(=O)C4CN(C)C(=O)N(C)C4=O)c3C)c2Cl)cc(F)c1CN[C@H]1CCOC[C@H]1O. The third-order valence-electron chi connectivity index (χ3n) is 8.45. The maximum atomic E-state index is 15.5. The predicted octanol–water partition coefficient (Wildman–Crippen LogP) is 4.45. The molecule has 3 aromatic carbocycles. The lowest BCUT2D eigenvalue weighted by Gasteiger charge is -2.33. The van der Waals surface area contributed by atoms with Gasteiger partial charge in [-0.3, -0.25) is 14.5 Å². The molecule has 3 atom stereocenters. The number of ether oxygens (including phenoxy) is 2. The maximum absolute atomic E-state index is 15.5. The average molecular weight is 639 g/mol. The van der Waals surface area contributed by atoms with Crippen LogP contribution in [0, 0.1) is 18.7 Å². The van der Waals surface area contributed by atoms with Gasteiger partial charge in [0.1, 0.15) is 17.5 Å². The van der Waals surface area contributed by atoms with E-state index in [0.29, 0.717) is 57.3 Å². The van der Waals surface area contributed by atoms with Crippen LogP contribution in [0.2, 0.25) is 5.02 Å². The molecule has 2 aliphatic heterocycles. The summed E-state index contributed by atoms with van der Waals surface area (Å²) in [6, 6.07) is 13.3. The van der Waals surface area contributed by atoms with Crippen molar-refractivity contribution in [1.29, 1.82) is 0 Å². The Morgan fingerprint density at radius 1 is 1.13 bits per heavy atom. The molecule has 3 aromatic rings. The number of hydrogen-bond acceptors (Lipinski definition) is 7. The lowest BCUT2D eigenvalue weighted by atomic mass is 9.94. The normalized spacial score (nSPS) is 20.4. The standard InChI is InChI=1S/C33H36ClFN4O6/c1-18-20(7-6-10-26(18)37-31(41)24-16-38(2)33(43)39(3)32(24)42)22-9-5-8-21(30(22)34)19-13-25(35)23(29(14-19)44-4)15-36-27-11-12-45-17-28(27)40/h5-10,13-14,24,27-28,36,40H,11-12,15-17H2,1-4H3,(H,37,41)/t24?,27-,28+/m0/s1. The van der Waals surface area contributed by atoms with Gasteiger partial charge in [0.25, 0.3) is 0 Å². The summed E-state index contributed by atoms with van der Waals surface area (Å²) in [6.07, 6.45) is -0.0580. The van der Waals surface area contributed by atoms with E-state index in [1.807, 2.05) is 25.1 Å². The molecule has 2 fully saturated rings. The number of nitrogens with one attached hydrogen (secondary N) is 2. The molecule has 5 rings (SSSR count). The first-order valence-electron chi connectivity index (χ1n) is 14.6. The van der Waals surface area contributed by atoms with Crippen molar-refractivity contribution in [2.45, 2.75) is 32.0 Å². The van der Waals surface area contributed by atoms with Crippen LogP contribution in [0.25, 0.3) is 22.3 Å². The van der Waals surface area contributed by atoms with Crippen molar-refractivity contribution in [3.8, 4) is 28.0 Å². The van der Waals surface area contributed by atoms with E-state index in [2.05, 4.69) is 10.6 Å². The summed E-state index contributed by atoms with van der Waals surface area (Å²) in [4.78, 5) is 40.2. The largest absolute Gasteiger partial charge is 0.496 e. The van der Waals surface area contributed by atoms with E-state index in [0.717, 1.165) is 10.5 Å². The van der Waals surface area contributed by atoms with Crippen molar-refractivity contribution in [2.24, 2.45) is 5.92 Å². The lowest BCUT2D eigenvalue weighted by Crippen LogP contribution is -2.56. The highest BCUT2D eigenvalue weighted by molar-refractivity contribution is 6.36. The van der Waals surface area contributed by atoms with E-state index in [-0.39, 0.29) is 25.7 Å². The van der Waals surface area contributed by atoms with Crippen LogP contribution in [0.4, 0.5) is 14.9 Å². The van der Waals surface area contributed by atoms with Crippen molar-refractivity contribution in [3.63, 3.8) is 0 Å². The molecule has 0 aliphatic carbocycles. The van der Waals surface area contributed by atoms with Gasteiger partial charge in [-0.15, -0.1) is 0 Å². The molecule has 0 radical (unpaired) electrons. The van der Waals surface area contributed by atoms with Crippen molar-refractivity contribution < 1.29 is 33.4 Å². The van der Waals surface area contributed by atoms with Gasteiger partial charge in [0.2, 0.25) is 11.8 Å². The number of nitrogens with zero attached hydrogens (tertiary/aromatic N) is 2. The molecule has 0 aromatic heterocycles. The van der Waals surface area contributed by atoms with Crippen molar-refractivity contribution in [1.82, 2.24) is 15.1 Å². The van der Waals surface area contributed by atoms with Gasteiger partial charge >= 0.3 is 6.03 Å². The zero-order valence-corrected chi connectivity index (χ0v) is 26.3. The molecular formula is C33H36ClFN4O6. The molecule has 12 heteroatoms. The number of hydrogen-bond donors (Lipinski definition) is 3. The van der Waals surface area contributed by atoms with Gasteiger partial charge in [-0.1, -0.05) is 41.9 Å². The summed E-state index contributed by atoms with van der Waals surface area (Å²) in [5, 5.41) is 16.6. The zero-order valence-electron chi connectivity index (χ0n) is 25.5. The number of rotatable bonds is 8. The minimum Gasteiger partial charge on any atom is -0.496 e. The van der Waals surface area contributed by atoms with Gasteiger partial charge in [-0.05, 0) is 48.2 Å². The molecule has 2 saturated heterocycles. The first-order chi connectivity index (χ1) is 21.5. The summed E-state index contributed by atoms with van der Waals surface area (Å²) in [6.45, 7) is 2.73. The Morgan fingerprint density at radius 3 is 2.58 bits per heavy atom. The number of amides is 4. The molecule has 0 saturated carbocycles. The quantitative estimate of drug-likeness (QED) is 0.312. The molecule has 3 N–H and O–H groups in total. The van der Waals surface area contributed by atoms with Gasteiger partial charge < -0.3 is 30.1 Å². The summed E-state index contributed by atoms with van der Waals surface area (Å²) >= 11 is 6.97. The van der Waals surface area contributed by atoms with E-state index >= 15 is 4.39 Å². The van der Waals surface area contributed by atoms with Crippen LogP contribution in [0.5, 0.6) is 5.75 Å². The van der Waals surface area contributed by atoms with Crippen LogP contribution in [0.1, 0.15) is 17.5 Å². The molecule has 238 valence electrons. The third-order valence-corrected chi connectivity index (χ3v) is 8.86. The average Bonchev–Trinajstić information content (AvgIpc) is 3.02.